The molecule has 1 aliphatic rings. The van der Waals surface area contributed by atoms with E-state index in [0.29, 0.717) is 17.2 Å². The van der Waals surface area contributed by atoms with Gasteiger partial charge in [-0.05, 0) is 24.0 Å². The largest absolute Gasteiger partial charge is 0.399 e. The number of rotatable bonds is 4. The van der Waals surface area contributed by atoms with E-state index in [1.165, 1.54) is 30.8 Å². The van der Waals surface area contributed by atoms with Crippen molar-refractivity contribution in [3.63, 3.8) is 0 Å². The molecule has 0 aliphatic heterocycles. The average molecular weight is 283 g/mol. The highest BCUT2D eigenvalue weighted by Gasteiger charge is 2.23. The summed E-state index contributed by atoms with van der Waals surface area (Å²) in [6.07, 6.45) is 5.07. The Labute approximate surface area is 123 Å². The molecule has 3 N–H and O–H groups in total. The van der Waals surface area contributed by atoms with Gasteiger partial charge in [-0.3, -0.25) is 0 Å². The predicted octanol–water partition coefficient (Wildman–Crippen LogP) is 2.14. The first-order chi connectivity index (χ1) is 10.3. The summed E-state index contributed by atoms with van der Waals surface area (Å²) in [4.78, 5) is 13.0. The summed E-state index contributed by atoms with van der Waals surface area (Å²) in [5.74, 6) is 1.05. The molecule has 1 aromatic carbocycles. The van der Waals surface area contributed by atoms with Gasteiger partial charge < -0.3 is 15.9 Å². The van der Waals surface area contributed by atoms with Gasteiger partial charge in [-0.1, -0.05) is 29.4 Å². The van der Waals surface area contributed by atoms with Gasteiger partial charge in [0.2, 0.25) is 0 Å². The number of nitrogens with two attached hydrogens (primary N) is 1. The highest BCUT2D eigenvalue weighted by molar-refractivity contribution is 5.91. The maximum absolute atomic E-state index is 5.89. The number of benzene rings is 1. The maximum atomic E-state index is 5.89. The van der Waals surface area contributed by atoms with Gasteiger partial charge in [-0.15, -0.1) is 0 Å². The van der Waals surface area contributed by atoms with E-state index in [4.69, 9.17) is 10.6 Å². The minimum absolute atomic E-state index is 0.227. The van der Waals surface area contributed by atoms with Crippen LogP contribution < -0.4 is 11.1 Å². The fourth-order valence-electron chi connectivity index (χ4n) is 2.63. The molecule has 0 saturated carbocycles. The van der Waals surface area contributed by atoms with Crippen LogP contribution in [0.15, 0.2) is 35.7 Å². The molecule has 0 amide bonds. The Hall–Kier alpha value is -2.63. The normalized spacial score (nSPS) is 16.9. The van der Waals surface area contributed by atoms with Crippen molar-refractivity contribution in [3.8, 4) is 0 Å². The smallest absolute Gasteiger partial charge is 0.141 e. The predicted molar refractivity (Wildman–Crippen MR) is 82.2 cm³/mol. The molecule has 2 aromatic rings. The van der Waals surface area contributed by atoms with Gasteiger partial charge in [0.15, 0.2) is 0 Å². The van der Waals surface area contributed by atoms with E-state index in [9.17, 15) is 0 Å². The standard InChI is InChI=1S/C15H17N5O/c1-21-19-8-12-14(16)17-9-18-15(12)20-13-7-6-10-4-2-3-5-11(10)13/h2-5,8-9,13H,6-7H2,1H3,(H3,16,17,18,20). The molecule has 108 valence electrons. The second-order valence-corrected chi connectivity index (χ2v) is 4.87. The first kappa shape index (κ1) is 13.4. The van der Waals surface area contributed by atoms with E-state index in [2.05, 4.69) is 44.7 Å². The molecule has 1 unspecified atom stereocenters. The van der Waals surface area contributed by atoms with Gasteiger partial charge in [-0.25, -0.2) is 9.97 Å². The molecule has 6 nitrogen and oxygen atoms in total. The molecule has 1 heterocycles. The number of oxime groups is 1. The lowest BCUT2D eigenvalue weighted by Crippen LogP contribution is -2.12. The van der Waals surface area contributed by atoms with E-state index < -0.39 is 0 Å². The number of aromatic nitrogens is 2. The second kappa shape index (κ2) is 5.78. The molecule has 6 heteroatoms. The van der Waals surface area contributed by atoms with Gasteiger partial charge in [0.25, 0.3) is 0 Å². The highest BCUT2D eigenvalue weighted by atomic mass is 16.6. The van der Waals surface area contributed by atoms with E-state index in [1.54, 1.807) is 0 Å². The number of nitrogens with zero attached hydrogens (tertiary/aromatic N) is 3. The Morgan fingerprint density at radius 2 is 2.24 bits per heavy atom. The monoisotopic (exact) mass is 283 g/mol. The first-order valence-electron chi connectivity index (χ1n) is 6.81. The molecule has 0 radical (unpaired) electrons. The van der Waals surface area contributed by atoms with Crippen LogP contribution in [-0.4, -0.2) is 23.3 Å². The molecule has 1 aromatic heterocycles. The third-order valence-electron chi connectivity index (χ3n) is 3.65. The van der Waals surface area contributed by atoms with E-state index >= 15 is 0 Å². The lowest BCUT2D eigenvalue weighted by Gasteiger charge is -2.16. The van der Waals surface area contributed by atoms with Gasteiger partial charge in [0.05, 0.1) is 17.8 Å². The van der Waals surface area contributed by atoms with Crippen molar-refractivity contribution in [3.05, 3.63) is 47.3 Å². The molecule has 0 bridgehead atoms. The van der Waals surface area contributed by atoms with Gasteiger partial charge in [-0.2, -0.15) is 0 Å². The topological polar surface area (TPSA) is 85.4 Å². The summed E-state index contributed by atoms with van der Waals surface area (Å²) >= 11 is 0. The third-order valence-corrected chi connectivity index (χ3v) is 3.65. The summed E-state index contributed by atoms with van der Waals surface area (Å²) in [6.45, 7) is 0. The number of hydrogen-bond acceptors (Lipinski definition) is 6. The maximum Gasteiger partial charge on any atom is 0.141 e. The van der Waals surface area contributed by atoms with Crippen LogP contribution >= 0.6 is 0 Å². The molecule has 1 atom stereocenters. The molecule has 0 fully saturated rings. The van der Waals surface area contributed by atoms with Crippen LogP contribution in [0.25, 0.3) is 0 Å². The minimum atomic E-state index is 0.227. The Balaban J connectivity index is 1.89. The number of nitrogens with one attached hydrogen (secondary N) is 1. The molecular formula is C15H17N5O. The second-order valence-electron chi connectivity index (χ2n) is 4.87. The number of hydrogen-bond donors (Lipinski definition) is 2. The van der Waals surface area contributed by atoms with Crippen LogP contribution in [-0.2, 0) is 11.3 Å². The van der Waals surface area contributed by atoms with Crippen molar-refractivity contribution in [2.75, 3.05) is 18.2 Å². The molecular weight excluding hydrogens is 266 g/mol. The van der Waals surface area contributed by atoms with Crippen molar-refractivity contribution >= 4 is 17.9 Å². The van der Waals surface area contributed by atoms with Crippen LogP contribution in [0.1, 0.15) is 29.2 Å². The van der Waals surface area contributed by atoms with Crippen LogP contribution in [0.4, 0.5) is 11.6 Å². The summed E-state index contributed by atoms with van der Waals surface area (Å²) in [5, 5.41) is 7.19. The van der Waals surface area contributed by atoms with Gasteiger partial charge in [0, 0.05) is 0 Å². The van der Waals surface area contributed by atoms with Crippen molar-refractivity contribution in [2.24, 2.45) is 5.16 Å². The fourth-order valence-corrected chi connectivity index (χ4v) is 2.63. The summed E-state index contributed by atoms with van der Waals surface area (Å²) in [5.41, 5.74) is 9.22. The average Bonchev–Trinajstić information content (AvgIpc) is 2.90. The lowest BCUT2D eigenvalue weighted by molar-refractivity contribution is 0.215. The van der Waals surface area contributed by atoms with Crippen LogP contribution in [0, 0.1) is 0 Å². The summed E-state index contributed by atoms with van der Waals surface area (Å²) < 4.78 is 0. The molecule has 1 aliphatic carbocycles. The van der Waals surface area contributed by atoms with Crippen molar-refractivity contribution in [1.29, 1.82) is 0 Å². The first-order valence-corrected chi connectivity index (χ1v) is 6.81. The summed E-state index contributed by atoms with van der Waals surface area (Å²) in [6, 6.07) is 8.66. The highest BCUT2D eigenvalue weighted by Crippen LogP contribution is 2.34. The van der Waals surface area contributed by atoms with E-state index in [0.717, 1.165) is 12.8 Å². The molecule has 21 heavy (non-hydrogen) atoms. The van der Waals surface area contributed by atoms with Crippen LogP contribution in [0.3, 0.4) is 0 Å². The number of fused-ring (bicyclic) bond motifs is 1. The Bertz CT molecular complexity index is 671. The zero-order valence-electron chi connectivity index (χ0n) is 11.8. The van der Waals surface area contributed by atoms with Crippen molar-refractivity contribution < 1.29 is 4.84 Å². The zero-order chi connectivity index (χ0) is 14.7. The van der Waals surface area contributed by atoms with Crippen LogP contribution in [0.2, 0.25) is 0 Å². The summed E-state index contributed by atoms with van der Waals surface area (Å²) in [7, 11) is 1.48. The van der Waals surface area contributed by atoms with Gasteiger partial charge >= 0.3 is 0 Å². The Kier molecular flexibility index (Phi) is 3.68. The van der Waals surface area contributed by atoms with Crippen LogP contribution in [0.5, 0.6) is 0 Å². The lowest BCUT2D eigenvalue weighted by atomic mass is 10.1. The quantitative estimate of drug-likeness (QED) is 0.663. The molecule has 3 rings (SSSR count). The SMILES string of the molecule is CON=Cc1c(N)ncnc1NC1CCc2ccccc21. The van der Waals surface area contributed by atoms with Gasteiger partial charge in [0.1, 0.15) is 25.1 Å². The van der Waals surface area contributed by atoms with E-state index in [1.807, 2.05) is 0 Å². The minimum Gasteiger partial charge on any atom is -0.399 e. The fraction of sp³-hybridized carbons (Fsp3) is 0.267. The number of anilines is 2. The molecule has 0 spiro atoms. The van der Waals surface area contributed by atoms with Crippen molar-refractivity contribution in [1.82, 2.24) is 9.97 Å². The zero-order valence-corrected chi connectivity index (χ0v) is 11.8. The Morgan fingerprint density at radius 3 is 3.10 bits per heavy atom. The number of nitrogen functional groups attached to an aromatic ring is 1. The molecule has 0 saturated heterocycles. The van der Waals surface area contributed by atoms with Crippen molar-refractivity contribution in [2.45, 2.75) is 18.9 Å². The van der Waals surface area contributed by atoms with E-state index in [-0.39, 0.29) is 6.04 Å². The number of aryl methyl sites for hydroxylation is 1. The Morgan fingerprint density at radius 1 is 1.38 bits per heavy atom. The third kappa shape index (κ3) is 2.65.